The number of hydrogen-bond donors (Lipinski definition) is 1. The van der Waals surface area contributed by atoms with Gasteiger partial charge in [-0.1, -0.05) is 30.3 Å². The van der Waals surface area contributed by atoms with E-state index < -0.39 is 10.0 Å². The van der Waals surface area contributed by atoms with Crippen LogP contribution in [0.3, 0.4) is 0 Å². The Hall–Kier alpha value is -2.16. The average Bonchev–Trinajstić information content (AvgIpc) is 3.06. The number of nitrogens with one attached hydrogen (secondary N) is 1. The van der Waals surface area contributed by atoms with Crippen LogP contribution < -0.4 is 5.32 Å². The zero-order valence-electron chi connectivity index (χ0n) is 14.9. The second-order valence-corrected chi connectivity index (χ2v) is 8.23. The van der Waals surface area contributed by atoms with E-state index in [1.165, 1.54) is 16.6 Å². The van der Waals surface area contributed by atoms with Crippen LogP contribution in [0.25, 0.3) is 0 Å². The fourth-order valence-electron chi connectivity index (χ4n) is 2.93. The Labute approximate surface area is 153 Å². The molecule has 1 aliphatic heterocycles. The summed E-state index contributed by atoms with van der Waals surface area (Å²) in [5.41, 5.74) is 1.29. The molecule has 2 heterocycles. The Morgan fingerprint density at radius 3 is 2.50 bits per heavy atom. The number of hydrogen-bond acceptors (Lipinski definition) is 4. The molecule has 3 rings (SSSR count). The molecular formula is C18H23N3O4S. The van der Waals surface area contributed by atoms with E-state index in [4.69, 9.17) is 4.74 Å². The molecule has 0 aliphatic carbocycles. The van der Waals surface area contributed by atoms with Gasteiger partial charge in [-0.15, -0.1) is 0 Å². The van der Waals surface area contributed by atoms with Gasteiger partial charge in [-0.05, 0) is 18.6 Å². The predicted molar refractivity (Wildman–Crippen MR) is 97.3 cm³/mol. The Morgan fingerprint density at radius 2 is 1.85 bits per heavy atom. The van der Waals surface area contributed by atoms with Gasteiger partial charge >= 0.3 is 0 Å². The molecule has 140 valence electrons. The van der Waals surface area contributed by atoms with Crippen LogP contribution in [0.15, 0.2) is 47.5 Å². The van der Waals surface area contributed by atoms with Crippen molar-refractivity contribution in [2.45, 2.75) is 17.9 Å². The first-order valence-electron chi connectivity index (χ1n) is 8.49. The summed E-state index contributed by atoms with van der Waals surface area (Å²) in [5.74, 6) is -0.313. The Balaban J connectivity index is 1.78. The number of carbonyl (C=O) groups is 1. The van der Waals surface area contributed by atoms with Crippen LogP contribution in [-0.2, 0) is 21.8 Å². The molecule has 26 heavy (non-hydrogen) atoms. The van der Waals surface area contributed by atoms with Gasteiger partial charge in [-0.3, -0.25) is 4.79 Å². The zero-order valence-corrected chi connectivity index (χ0v) is 15.7. The maximum absolute atomic E-state index is 12.7. The third-order valence-electron chi connectivity index (χ3n) is 4.47. The zero-order chi connectivity index (χ0) is 18.7. The van der Waals surface area contributed by atoms with Crippen molar-refractivity contribution in [3.8, 4) is 0 Å². The first-order valence-corrected chi connectivity index (χ1v) is 9.93. The van der Waals surface area contributed by atoms with Crippen LogP contribution in [0.2, 0.25) is 0 Å². The maximum Gasteiger partial charge on any atom is 0.268 e. The minimum Gasteiger partial charge on any atom is -0.379 e. The third-order valence-corrected chi connectivity index (χ3v) is 6.33. The lowest BCUT2D eigenvalue weighted by molar-refractivity contribution is 0.0730. The number of ether oxygens (including phenoxy) is 1. The van der Waals surface area contributed by atoms with E-state index in [2.05, 4.69) is 5.32 Å². The van der Waals surface area contributed by atoms with E-state index >= 15 is 0 Å². The van der Waals surface area contributed by atoms with Crippen LogP contribution in [0, 0.1) is 0 Å². The molecule has 1 fully saturated rings. The fraction of sp³-hybridized carbons (Fsp3) is 0.389. The molecule has 1 aromatic carbocycles. The molecule has 2 aromatic rings. The molecule has 0 bridgehead atoms. The lowest BCUT2D eigenvalue weighted by Crippen LogP contribution is -2.40. The third kappa shape index (κ3) is 3.82. The summed E-state index contributed by atoms with van der Waals surface area (Å²) in [6, 6.07) is 10.9. The van der Waals surface area contributed by atoms with Gasteiger partial charge in [0.2, 0.25) is 10.0 Å². The van der Waals surface area contributed by atoms with Crippen molar-refractivity contribution in [1.29, 1.82) is 0 Å². The maximum atomic E-state index is 12.7. The molecule has 1 aromatic heterocycles. The molecule has 0 unspecified atom stereocenters. The van der Waals surface area contributed by atoms with E-state index in [-0.39, 0.29) is 16.8 Å². The average molecular weight is 377 g/mol. The Morgan fingerprint density at radius 1 is 1.19 bits per heavy atom. The second-order valence-electron chi connectivity index (χ2n) is 6.29. The van der Waals surface area contributed by atoms with Gasteiger partial charge < -0.3 is 14.6 Å². The summed E-state index contributed by atoms with van der Waals surface area (Å²) in [4.78, 5) is 12.7. The number of aromatic nitrogens is 1. The highest BCUT2D eigenvalue weighted by Crippen LogP contribution is 2.20. The summed E-state index contributed by atoms with van der Waals surface area (Å²) in [7, 11) is -1.96. The van der Waals surface area contributed by atoms with Gasteiger partial charge in [-0.2, -0.15) is 4.31 Å². The number of sulfonamides is 1. The van der Waals surface area contributed by atoms with Crippen molar-refractivity contribution in [2.75, 3.05) is 26.3 Å². The first-order chi connectivity index (χ1) is 12.4. The minimum atomic E-state index is -3.63. The highest BCUT2D eigenvalue weighted by molar-refractivity contribution is 7.89. The molecule has 8 heteroatoms. The molecular weight excluding hydrogens is 354 g/mol. The Bertz CT molecular complexity index is 871. The number of amides is 1. The van der Waals surface area contributed by atoms with E-state index in [1.54, 1.807) is 11.6 Å². The van der Waals surface area contributed by atoms with Crippen molar-refractivity contribution in [1.82, 2.24) is 14.2 Å². The summed E-state index contributed by atoms with van der Waals surface area (Å²) in [5, 5.41) is 2.91. The van der Waals surface area contributed by atoms with E-state index in [1.807, 2.05) is 37.3 Å². The summed E-state index contributed by atoms with van der Waals surface area (Å²) < 4.78 is 33.6. The Kier molecular flexibility index (Phi) is 5.45. The largest absolute Gasteiger partial charge is 0.379 e. The molecule has 0 saturated carbocycles. The van der Waals surface area contributed by atoms with E-state index in [0.717, 1.165) is 5.56 Å². The van der Waals surface area contributed by atoms with Gasteiger partial charge in [0, 0.05) is 26.3 Å². The first kappa shape index (κ1) is 18.6. The number of benzene rings is 1. The molecule has 0 radical (unpaired) electrons. The quantitative estimate of drug-likeness (QED) is 0.857. The van der Waals surface area contributed by atoms with Gasteiger partial charge in [0.1, 0.15) is 10.6 Å². The highest BCUT2D eigenvalue weighted by atomic mass is 32.2. The van der Waals surface area contributed by atoms with E-state index in [9.17, 15) is 13.2 Å². The predicted octanol–water partition coefficient (Wildman–Crippen LogP) is 1.54. The normalized spacial score (nSPS) is 17.0. The van der Waals surface area contributed by atoms with E-state index in [0.29, 0.717) is 32.0 Å². The molecule has 1 saturated heterocycles. The van der Waals surface area contributed by atoms with Gasteiger partial charge in [0.15, 0.2) is 0 Å². The summed E-state index contributed by atoms with van der Waals surface area (Å²) in [6.07, 6.45) is 1.48. The molecule has 0 spiro atoms. The molecule has 1 aliphatic rings. The number of carbonyl (C=O) groups excluding carboxylic acids is 1. The van der Waals surface area contributed by atoms with Gasteiger partial charge in [0.25, 0.3) is 5.91 Å². The summed E-state index contributed by atoms with van der Waals surface area (Å²) in [6.45, 7) is 3.30. The SMILES string of the molecule is C[C@@H](NC(=O)c1cc(S(=O)(=O)N2CCOCC2)cn1C)c1ccccc1. The standard InChI is InChI=1S/C18H23N3O4S/c1-14(15-6-4-3-5-7-15)19-18(22)17-12-16(13-20(17)2)26(23,24)21-8-10-25-11-9-21/h3-7,12-14H,8-11H2,1-2H3,(H,19,22)/t14-/m1/s1. The highest BCUT2D eigenvalue weighted by Gasteiger charge is 2.29. The number of morpholine rings is 1. The number of aryl methyl sites for hydroxylation is 1. The second kappa shape index (κ2) is 7.61. The topological polar surface area (TPSA) is 80.6 Å². The van der Waals surface area contributed by atoms with Crippen LogP contribution in [0.1, 0.15) is 29.0 Å². The monoisotopic (exact) mass is 377 g/mol. The van der Waals surface area contributed by atoms with Gasteiger partial charge in [0.05, 0.1) is 19.3 Å². The van der Waals surface area contributed by atoms with Gasteiger partial charge in [-0.25, -0.2) is 8.42 Å². The van der Waals surface area contributed by atoms with Crippen LogP contribution in [-0.4, -0.2) is 49.5 Å². The lowest BCUT2D eigenvalue weighted by Gasteiger charge is -2.25. The fourth-order valence-corrected chi connectivity index (χ4v) is 4.41. The van der Waals surface area contributed by atoms with Crippen molar-refractivity contribution in [2.24, 2.45) is 7.05 Å². The van der Waals surface area contributed by atoms with Crippen LogP contribution in [0.4, 0.5) is 0 Å². The van der Waals surface area contributed by atoms with Crippen molar-refractivity contribution < 1.29 is 17.9 Å². The smallest absolute Gasteiger partial charge is 0.268 e. The lowest BCUT2D eigenvalue weighted by atomic mass is 10.1. The molecule has 1 amide bonds. The molecule has 7 nitrogen and oxygen atoms in total. The van der Waals surface area contributed by atoms with Crippen LogP contribution >= 0.6 is 0 Å². The molecule has 1 N–H and O–H groups in total. The summed E-state index contributed by atoms with van der Waals surface area (Å²) >= 11 is 0. The van der Waals surface area contributed by atoms with Crippen LogP contribution in [0.5, 0.6) is 0 Å². The number of nitrogens with zero attached hydrogens (tertiary/aromatic N) is 2. The number of rotatable bonds is 5. The van der Waals surface area contributed by atoms with Crippen molar-refractivity contribution in [3.05, 3.63) is 53.9 Å². The minimum absolute atomic E-state index is 0.124. The van der Waals surface area contributed by atoms with Crippen molar-refractivity contribution in [3.63, 3.8) is 0 Å². The van der Waals surface area contributed by atoms with Crippen molar-refractivity contribution >= 4 is 15.9 Å². The molecule has 1 atom stereocenters.